The van der Waals surface area contributed by atoms with Crippen LogP contribution in [0.4, 0.5) is 0 Å². The van der Waals surface area contributed by atoms with E-state index in [0.29, 0.717) is 4.47 Å². The van der Waals surface area contributed by atoms with Crippen molar-refractivity contribution in [2.24, 2.45) is 0 Å². The number of phenolic OH excluding ortho intramolecular Hbond substituents is 2. The van der Waals surface area contributed by atoms with Crippen molar-refractivity contribution in [1.82, 2.24) is 0 Å². The molecule has 0 aliphatic rings. The van der Waals surface area contributed by atoms with Crippen molar-refractivity contribution in [3.8, 4) is 22.6 Å². The normalized spacial score (nSPS) is 10.4. The van der Waals surface area contributed by atoms with Crippen LogP contribution in [0.3, 0.4) is 0 Å². The SMILES string of the molecule is Cc1c(Br)c(O)cc(O)c1-c1ccccc1. The lowest BCUT2D eigenvalue weighted by Crippen LogP contribution is -1.86. The minimum absolute atomic E-state index is 0.0506. The molecule has 0 spiro atoms. The Morgan fingerprint density at radius 2 is 1.62 bits per heavy atom. The second-order valence-electron chi connectivity index (χ2n) is 3.59. The molecule has 0 bridgehead atoms. The third-order valence-electron chi connectivity index (χ3n) is 2.52. The molecule has 0 heterocycles. The van der Waals surface area contributed by atoms with Gasteiger partial charge in [-0.15, -0.1) is 0 Å². The minimum Gasteiger partial charge on any atom is -0.507 e. The predicted molar refractivity (Wildman–Crippen MR) is 67.6 cm³/mol. The highest BCUT2D eigenvalue weighted by Gasteiger charge is 2.13. The zero-order valence-electron chi connectivity index (χ0n) is 8.74. The maximum Gasteiger partial charge on any atom is 0.133 e. The molecule has 2 aromatic rings. The highest BCUT2D eigenvalue weighted by molar-refractivity contribution is 9.10. The van der Waals surface area contributed by atoms with E-state index in [1.54, 1.807) is 0 Å². The minimum atomic E-state index is 0.0506. The molecule has 0 saturated carbocycles. The van der Waals surface area contributed by atoms with Crippen molar-refractivity contribution in [3.05, 3.63) is 46.4 Å². The van der Waals surface area contributed by atoms with Crippen LogP contribution in [-0.2, 0) is 0 Å². The standard InChI is InChI=1S/C13H11BrO2/c1-8-12(9-5-3-2-4-6-9)10(15)7-11(16)13(8)14/h2-7,15-16H,1H3. The Morgan fingerprint density at radius 3 is 2.25 bits per heavy atom. The van der Waals surface area contributed by atoms with E-state index in [2.05, 4.69) is 15.9 Å². The Labute approximate surface area is 102 Å². The van der Waals surface area contributed by atoms with Gasteiger partial charge in [0, 0.05) is 11.6 Å². The monoisotopic (exact) mass is 278 g/mol. The van der Waals surface area contributed by atoms with Gasteiger partial charge in [0.05, 0.1) is 4.47 Å². The molecular weight excluding hydrogens is 268 g/mol. The Bertz CT molecular complexity index is 521. The molecule has 16 heavy (non-hydrogen) atoms. The number of rotatable bonds is 1. The van der Waals surface area contributed by atoms with Crippen LogP contribution >= 0.6 is 15.9 Å². The number of benzene rings is 2. The summed E-state index contributed by atoms with van der Waals surface area (Å²) < 4.78 is 0.615. The van der Waals surface area contributed by atoms with Crippen LogP contribution in [0.15, 0.2) is 40.9 Å². The molecule has 0 fully saturated rings. The molecule has 2 rings (SSSR count). The summed E-state index contributed by atoms with van der Waals surface area (Å²) in [7, 11) is 0. The molecule has 2 aromatic carbocycles. The van der Waals surface area contributed by atoms with Crippen LogP contribution < -0.4 is 0 Å². The fraction of sp³-hybridized carbons (Fsp3) is 0.0769. The third-order valence-corrected chi connectivity index (χ3v) is 3.52. The van der Waals surface area contributed by atoms with Crippen molar-refractivity contribution >= 4 is 15.9 Å². The van der Waals surface area contributed by atoms with Gasteiger partial charge in [-0.05, 0) is 34.0 Å². The van der Waals surface area contributed by atoms with E-state index in [4.69, 9.17) is 0 Å². The maximum absolute atomic E-state index is 9.87. The second-order valence-corrected chi connectivity index (χ2v) is 4.39. The first-order chi connectivity index (χ1) is 7.61. The summed E-state index contributed by atoms with van der Waals surface area (Å²) in [5, 5.41) is 19.4. The van der Waals surface area contributed by atoms with Gasteiger partial charge in [-0.2, -0.15) is 0 Å². The number of phenols is 2. The van der Waals surface area contributed by atoms with Gasteiger partial charge in [0.2, 0.25) is 0 Å². The molecule has 2 N–H and O–H groups in total. The smallest absolute Gasteiger partial charge is 0.133 e. The largest absolute Gasteiger partial charge is 0.507 e. The second kappa shape index (κ2) is 4.18. The van der Waals surface area contributed by atoms with Gasteiger partial charge in [0.15, 0.2) is 0 Å². The number of halogens is 1. The summed E-state index contributed by atoms with van der Waals surface area (Å²) in [6.07, 6.45) is 0. The van der Waals surface area contributed by atoms with Crippen molar-refractivity contribution in [1.29, 1.82) is 0 Å². The van der Waals surface area contributed by atoms with E-state index in [9.17, 15) is 10.2 Å². The number of hydrogen-bond donors (Lipinski definition) is 2. The molecule has 0 amide bonds. The van der Waals surface area contributed by atoms with Gasteiger partial charge in [-0.1, -0.05) is 30.3 Å². The molecule has 3 heteroatoms. The van der Waals surface area contributed by atoms with Crippen LogP contribution in [0.5, 0.6) is 11.5 Å². The zero-order chi connectivity index (χ0) is 11.7. The van der Waals surface area contributed by atoms with Gasteiger partial charge in [0.1, 0.15) is 11.5 Å². The van der Waals surface area contributed by atoms with E-state index in [1.165, 1.54) is 6.07 Å². The lowest BCUT2D eigenvalue weighted by Gasteiger charge is -2.11. The fourth-order valence-corrected chi connectivity index (χ4v) is 2.04. The van der Waals surface area contributed by atoms with Gasteiger partial charge in [0.25, 0.3) is 0 Å². The van der Waals surface area contributed by atoms with Gasteiger partial charge >= 0.3 is 0 Å². The molecule has 2 nitrogen and oxygen atoms in total. The topological polar surface area (TPSA) is 40.5 Å². The van der Waals surface area contributed by atoms with Gasteiger partial charge < -0.3 is 10.2 Å². The Balaban J connectivity index is 2.71. The Morgan fingerprint density at radius 1 is 1.00 bits per heavy atom. The van der Waals surface area contributed by atoms with Crippen molar-refractivity contribution < 1.29 is 10.2 Å². The molecule has 0 aromatic heterocycles. The molecule has 82 valence electrons. The van der Waals surface area contributed by atoms with Crippen molar-refractivity contribution in [3.63, 3.8) is 0 Å². The van der Waals surface area contributed by atoms with E-state index in [0.717, 1.165) is 16.7 Å². The summed E-state index contributed by atoms with van der Waals surface area (Å²) in [4.78, 5) is 0. The lowest BCUT2D eigenvalue weighted by atomic mass is 9.99. The molecule has 0 saturated heterocycles. The summed E-state index contributed by atoms with van der Waals surface area (Å²) in [6, 6.07) is 10.9. The summed E-state index contributed by atoms with van der Waals surface area (Å²) in [5.41, 5.74) is 2.49. The molecular formula is C13H11BrO2. The highest BCUT2D eigenvalue weighted by atomic mass is 79.9. The predicted octanol–water partition coefficient (Wildman–Crippen LogP) is 3.84. The van der Waals surface area contributed by atoms with Crippen LogP contribution in [0.1, 0.15) is 5.56 Å². The van der Waals surface area contributed by atoms with Crippen LogP contribution in [0.2, 0.25) is 0 Å². The van der Waals surface area contributed by atoms with Crippen LogP contribution in [-0.4, -0.2) is 10.2 Å². The number of hydrogen-bond acceptors (Lipinski definition) is 2. The Kier molecular flexibility index (Phi) is 2.88. The highest BCUT2D eigenvalue weighted by Crippen LogP contribution is 2.41. The molecule has 0 aliphatic carbocycles. The first-order valence-electron chi connectivity index (χ1n) is 4.87. The quantitative estimate of drug-likeness (QED) is 0.832. The first kappa shape index (κ1) is 11.0. The first-order valence-corrected chi connectivity index (χ1v) is 5.67. The molecule has 0 aliphatic heterocycles. The van der Waals surface area contributed by atoms with Crippen molar-refractivity contribution in [2.45, 2.75) is 6.92 Å². The number of aromatic hydroxyl groups is 2. The average molecular weight is 279 g/mol. The molecule has 0 unspecified atom stereocenters. The zero-order valence-corrected chi connectivity index (χ0v) is 10.3. The Hall–Kier alpha value is -1.48. The summed E-state index contributed by atoms with van der Waals surface area (Å²) in [5.74, 6) is 0.138. The van der Waals surface area contributed by atoms with E-state index in [1.807, 2.05) is 37.3 Å². The summed E-state index contributed by atoms with van der Waals surface area (Å²) >= 11 is 3.30. The van der Waals surface area contributed by atoms with Crippen LogP contribution in [0.25, 0.3) is 11.1 Å². The van der Waals surface area contributed by atoms with Gasteiger partial charge in [-0.3, -0.25) is 0 Å². The summed E-state index contributed by atoms with van der Waals surface area (Å²) in [6.45, 7) is 1.85. The van der Waals surface area contributed by atoms with E-state index in [-0.39, 0.29) is 11.5 Å². The fourth-order valence-electron chi connectivity index (χ4n) is 1.73. The van der Waals surface area contributed by atoms with Crippen LogP contribution in [0, 0.1) is 6.92 Å². The maximum atomic E-state index is 9.87. The molecule has 0 radical (unpaired) electrons. The molecule has 0 atom stereocenters. The third kappa shape index (κ3) is 1.78. The van der Waals surface area contributed by atoms with E-state index < -0.39 is 0 Å². The average Bonchev–Trinajstić information content (AvgIpc) is 2.28. The van der Waals surface area contributed by atoms with E-state index >= 15 is 0 Å². The lowest BCUT2D eigenvalue weighted by molar-refractivity contribution is 0.449. The van der Waals surface area contributed by atoms with Gasteiger partial charge in [-0.25, -0.2) is 0 Å². The van der Waals surface area contributed by atoms with Crippen molar-refractivity contribution in [2.75, 3.05) is 0 Å².